The Kier molecular flexibility index (Phi) is 6.63. The summed E-state index contributed by atoms with van der Waals surface area (Å²) in [4.78, 5) is 29.9. The zero-order valence-corrected chi connectivity index (χ0v) is 16.2. The van der Waals surface area contributed by atoms with Gasteiger partial charge in [0.2, 0.25) is 11.8 Å². The summed E-state index contributed by atoms with van der Waals surface area (Å²) >= 11 is 0. The lowest BCUT2D eigenvalue weighted by molar-refractivity contribution is -0.139. The van der Waals surface area contributed by atoms with E-state index in [1.165, 1.54) is 13.0 Å². The molecule has 1 saturated heterocycles. The molecule has 0 radical (unpaired) electrons. The lowest BCUT2D eigenvalue weighted by Crippen LogP contribution is -2.52. The molecule has 2 amide bonds. The molecule has 5 nitrogen and oxygen atoms in total. The number of benzene rings is 2. The molecule has 148 valence electrons. The van der Waals surface area contributed by atoms with E-state index in [0.717, 1.165) is 12.0 Å². The molecule has 3 rings (SSSR count). The molecule has 0 atom stereocenters. The topological polar surface area (TPSA) is 43.9 Å². The van der Waals surface area contributed by atoms with Gasteiger partial charge in [0.25, 0.3) is 0 Å². The highest BCUT2D eigenvalue weighted by molar-refractivity contribution is 5.84. The molecule has 0 saturated carbocycles. The van der Waals surface area contributed by atoms with Crippen LogP contribution in [0.15, 0.2) is 54.6 Å². The van der Waals surface area contributed by atoms with Gasteiger partial charge < -0.3 is 14.7 Å². The van der Waals surface area contributed by atoms with Crippen molar-refractivity contribution in [3.63, 3.8) is 0 Å². The summed E-state index contributed by atoms with van der Waals surface area (Å²) in [5.74, 6) is -0.406. The van der Waals surface area contributed by atoms with Gasteiger partial charge in [0, 0.05) is 39.6 Å². The molecule has 0 aromatic heterocycles. The second kappa shape index (κ2) is 9.35. The minimum absolute atomic E-state index is 0.0588. The summed E-state index contributed by atoms with van der Waals surface area (Å²) in [7, 11) is 0. The van der Waals surface area contributed by atoms with Gasteiger partial charge in [0.15, 0.2) is 0 Å². The predicted octanol–water partition coefficient (Wildman–Crippen LogP) is 2.57. The monoisotopic (exact) mass is 383 g/mol. The predicted molar refractivity (Wildman–Crippen MR) is 108 cm³/mol. The first-order valence-corrected chi connectivity index (χ1v) is 9.61. The Morgan fingerprint density at radius 1 is 0.964 bits per heavy atom. The van der Waals surface area contributed by atoms with Crippen molar-refractivity contribution in [1.29, 1.82) is 0 Å². The van der Waals surface area contributed by atoms with Gasteiger partial charge in [0.1, 0.15) is 5.82 Å². The second-order valence-corrected chi connectivity index (χ2v) is 7.00. The van der Waals surface area contributed by atoms with E-state index in [1.54, 1.807) is 21.9 Å². The minimum Gasteiger partial charge on any atom is -0.366 e. The van der Waals surface area contributed by atoms with Gasteiger partial charge in [-0.3, -0.25) is 9.59 Å². The van der Waals surface area contributed by atoms with Crippen LogP contribution in [0.3, 0.4) is 0 Å². The number of piperazine rings is 1. The van der Waals surface area contributed by atoms with Crippen LogP contribution in [0.25, 0.3) is 0 Å². The number of carbonyl (C=O) groups excluding carboxylic acids is 2. The maximum absolute atomic E-state index is 13.9. The van der Waals surface area contributed by atoms with Crippen LogP contribution < -0.4 is 4.90 Å². The average Bonchev–Trinajstić information content (AvgIpc) is 2.72. The van der Waals surface area contributed by atoms with E-state index in [4.69, 9.17) is 0 Å². The molecule has 28 heavy (non-hydrogen) atoms. The molecule has 1 heterocycles. The van der Waals surface area contributed by atoms with E-state index in [2.05, 4.69) is 0 Å². The molecule has 0 spiro atoms. The van der Waals surface area contributed by atoms with Crippen molar-refractivity contribution >= 4 is 17.5 Å². The van der Waals surface area contributed by atoms with Crippen molar-refractivity contribution in [2.45, 2.75) is 13.3 Å². The minimum atomic E-state index is -0.244. The Balaban J connectivity index is 1.52. The van der Waals surface area contributed by atoms with Crippen molar-refractivity contribution in [2.75, 3.05) is 44.2 Å². The summed E-state index contributed by atoms with van der Waals surface area (Å²) in [5.41, 5.74) is 1.71. The van der Waals surface area contributed by atoms with Crippen LogP contribution in [-0.4, -0.2) is 60.9 Å². The fourth-order valence-corrected chi connectivity index (χ4v) is 3.42. The highest BCUT2D eigenvalue weighted by Gasteiger charge is 2.24. The van der Waals surface area contributed by atoms with E-state index in [0.29, 0.717) is 38.4 Å². The Bertz CT molecular complexity index is 804. The first-order chi connectivity index (χ1) is 13.5. The number of hydrogen-bond acceptors (Lipinski definition) is 3. The molecule has 1 aliphatic heterocycles. The summed E-state index contributed by atoms with van der Waals surface area (Å²) in [6.45, 7) is 4.30. The van der Waals surface area contributed by atoms with Crippen molar-refractivity contribution in [2.24, 2.45) is 0 Å². The van der Waals surface area contributed by atoms with Crippen LogP contribution in [0.4, 0.5) is 10.1 Å². The fraction of sp³-hybridized carbons (Fsp3) is 0.364. The summed E-state index contributed by atoms with van der Waals surface area (Å²) in [5, 5.41) is 0. The number of para-hydroxylation sites is 1. The van der Waals surface area contributed by atoms with E-state index in [1.807, 2.05) is 41.3 Å². The van der Waals surface area contributed by atoms with Crippen LogP contribution in [-0.2, 0) is 16.0 Å². The molecule has 1 fully saturated rings. The number of rotatable bonds is 6. The maximum Gasteiger partial charge on any atom is 0.242 e. The number of halogens is 1. The highest BCUT2D eigenvalue weighted by atomic mass is 19.1. The van der Waals surface area contributed by atoms with E-state index < -0.39 is 0 Å². The first kappa shape index (κ1) is 19.9. The third kappa shape index (κ3) is 5.09. The zero-order chi connectivity index (χ0) is 19.9. The standard InChI is InChI=1S/C22H26FN3O2/c1-18(27)26(12-11-19-7-3-2-4-8-19)17-22(28)25-15-13-24(14-16-25)21-10-6-5-9-20(21)23/h2-10H,11-17H2,1H3. The van der Waals surface area contributed by atoms with Crippen LogP contribution in [0.5, 0.6) is 0 Å². The van der Waals surface area contributed by atoms with Crippen LogP contribution in [0.2, 0.25) is 0 Å². The van der Waals surface area contributed by atoms with Gasteiger partial charge >= 0.3 is 0 Å². The Labute approximate surface area is 165 Å². The summed E-state index contributed by atoms with van der Waals surface area (Å²) < 4.78 is 13.9. The lowest BCUT2D eigenvalue weighted by atomic mass is 10.1. The molecule has 6 heteroatoms. The van der Waals surface area contributed by atoms with E-state index in [9.17, 15) is 14.0 Å². The maximum atomic E-state index is 13.9. The third-order valence-electron chi connectivity index (χ3n) is 5.11. The first-order valence-electron chi connectivity index (χ1n) is 9.61. The van der Waals surface area contributed by atoms with Gasteiger partial charge in [-0.2, -0.15) is 0 Å². The van der Waals surface area contributed by atoms with Gasteiger partial charge in [-0.05, 0) is 24.1 Å². The second-order valence-electron chi connectivity index (χ2n) is 7.00. The Morgan fingerprint density at radius 2 is 1.61 bits per heavy atom. The lowest BCUT2D eigenvalue weighted by Gasteiger charge is -2.37. The quantitative estimate of drug-likeness (QED) is 0.770. The van der Waals surface area contributed by atoms with Crippen molar-refractivity contribution in [3.8, 4) is 0 Å². The van der Waals surface area contributed by atoms with Gasteiger partial charge in [-0.15, -0.1) is 0 Å². The Hall–Kier alpha value is -2.89. The van der Waals surface area contributed by atoms with E-state index >= 15 is 0 Å². The molecule has 2 aromatic carbocycles. The zero-order valence-electron chi connectivity index (χ0n) is 16.2. The molecule has 0 N–H and O–H groups in total. The van der Waals surface area contributed by atoms with Crippen LogP contribution in [0.1, 0.15) is 12.5 Å². The number of hydrogen-bond donors (Lipinski definition) is 0. The molecular weight excluding hydrogens is 357 g/mol. The average molecular weight is 383 g/mol. The summed E-state index contributed by atoms with van der Waals surface area (Å²) in [6.07, 6.45) is 0.717. The number of anilines is 1. The molecule has 2 aromatic rings. The van der Waals surface area contributed by atoms with E-state index in [-0.39, 0.29) is 24.2 Å². The normalized spacial score (nSPS) is 14.1. The Morgan fingerprint density at radius 3 is 2.25 bits per heavy atom. The molecule has 1 aliphatic rings. The van der Waals surface area contributed by atoms with Gasteiger partial charge in [0.05, 0.1) is 12.2 Å². The number of nitrogens with zero attached hydrogens (tertiary/aromatic N) is 3. The third-order valence-corrected chi connectivity index (χ3v) is 5.11. The largest absolute Gasteiger partial charge is 0.366 e. The van der Waals surface area contributed by atoms with Crippen molar-refractivity contribution in [1.82, 2.24) is 9.80 Å². The van der Waals surface area contributed by atoms with Crippen LogP contribution in [0, 0.1) is 5.82 Å². The SMILES string of the molecule is CC(=O)N(CCc1ccccc1)CC(=O)N1CCN(c2ccccc2F)CC1. The number of amides is 2. The molecular formula is C22H26FN3O2. The molecule has 0 unspecified atom stereocenters. The highest BCUT2D eigenvalue weighted by Crippen LogP contribution is 2.20. The van der Waals surface area contributed by atoms with Crippen molar-refractivity contribution < 1.29 is 14.0 Å². The number of carbonyl (C=O) groups is 2. The fourth-order valence-electron chi connectivity index (χ4n) is 3.42. The van der Waals surface area contributed by atoms with Gasteiger partial charge in [-0.1, -0.05) is 42.5 Å². The molecule has 0 aliphatic carbocycles. The van der Waals surface area contributed by atoms with Gasteiger partial charge in [-0.25, -0.2) is 4.39 Å². The van der Waals surface area contributed by atoms with Crippen LogP contribution >= 0.6 is 0 Å². The smallest absolute Gasteiger partial charge is 0.242 e. The molecule has 0 bridgehead atoms. The van der Waals surface area contributed by atoms with Crippen molar-refractivity contribution in [3.05, 3.63) is 66.0 Å². The summed E-state index contributed by atoms with van der Waals surface area (Å²) in [6, 6.07) is 16.6.